The molecule has 1 aliphatic carbocycles. The minimum absolute atomic E-state index is 0.0150. The molecule has 3 aromatic carbocycles. The normalized spacial score (nSPS) is 18.6. The highest BCUT2D eigenvalue weighted by Crippen LogP contribution is 2.52. The van der Waals surface area contributed by atoms with Crippen molar-refractivity contribution in [2.75, 3.05) is 88.2 Å². The molecule has 1 radical (unpaired) electrons. The second kappa shape index (κ2) is 19.9. The third-order valence-electron chi connectivity index (χ3n) is 13.0. The maximum Gasteiger partial charge on any atom is 0.293 e. The molecule has 5 aromatic rings. The van der Waals surface area contributed by atoms with Gasteiger partial charge in [0.25, 0.3) is 21.6 Å². The van der Waals surface area contributed by atoms with Gasteiger partial charge >= 0.3 is 0 Å². The number of carbonyl (C=O) groups excluding carboxylic acids is 1. The molecule has 19 heteroatoms. The maximum atomic E-state index is 14.2. The van der Waals surface area contributed by atoms with E-state index in [1.807, 2.05) is 48.0 Å². The summed E-state index contributed by atoms with van der Waals surface area (Å²) in [4.78, 5) is 51.1. The molecule has 3 aliphatic rings. The fraction of sp³-hybridized carbons (Fsp3) is 0.404. The molecule has 2 saturated heterocycles. The molecule has 4 N–H and O–H groups in total. The third kappa shape index (κ3) is 11.4. The molecular weight excluding hydrogens is 922 g/mol. The first kappa shape index (κ1) is 47.9. The Balaban J connectivity index is 0.988. The van der Waals surface area contributed by atoms with E-state index >= 15 is 0 Å². The molecule has 66 heavy (non-hydrogen) atoms. The molecule has 2 aromatic heterocycles. The number of hydrogen-bond acceptors (Lipinski definition) is 12. The predicted molar refractivity (Wildman–Crippen MR) is 264 cm³/mol. The van der Waals surface area contributed by atoms with E-state index < -0.39 is 51.6 Å². The summed E-state index contributed by atoms with van der Waals surface area (Å²) < 4.78 is 43.9. The highest BCUT2D eigenvalue weighted by Gasteiger charge is 2.32. The number of aromatic nitrogens is 2. The molecular formula is C47H56ClFN8O6PS2. The fourth-order valence-electron chi connectivity index (χ4n) is 8.98. The molecule has 2 aliphatic heterocycles. The zero-order chi connectivity index (χ0) is 46.8. The molecule has 351 valence electrons. The van der Waals surface area contributed by atoms with Gasteiger partial charge in [-0.05, 0) is 117 Å². The number of carbonyl (C=O) groups is 1. The Morgan fingerprint density at radius 3 is 2.50 bits per heavy atom. The number of aromatic amines is 1. The lowest BCUT2D eigenvalue weighted by Crippen LogP contribution is -2.47. The monoisotopic (exact) mass is 977 g/mol. The van der Waals surface area contributed by atoms with Crippen molar-refractivity contribution < 1.29 is 27.4 Å². The molecule has 14 nitrogen and oxygen atoms in total. The van der Waals surface area contributed by atoms with Gasteiger partial charge in [0.2, 0.25) is 0 Å². The van der Waals surface area contributed by atoms with Gasteiger partial charge < -0.3 is 20.1 Å². The Morgan fingerprint density at radius 2 is 1.79 bits per heavy atom. The van der Waals surface area contributed by atoms with Crippen LogP contribution < -0.4 is 14.9 Å². The summed E-state index contributed by atoms with van der Waals surface area (Å²) in [5, 5.41) is 16.8. The van der Waals surface area contributed by atoms with Crippen LogP contribution in [0.5, 0.6) is 0 Å². The average molecular weight is 979 g/mol. The Kier molecular flexibility index (Phi) is 14.5. The second-order valence-electron chi connectivity index (χ2n) is 18.4. The number of nitro benzene ring substituents is 1. The summed E-state index contributed by atoms with van der Waals surface area (Å²) in [6, 6.07) is 20.1. The number of allylic oxidation sites excluding steroid dienone is 1. The number of anilines is 2. The van der Waals surface area contributed by atoms with E-state index in [2.05, 4.69) is 55.8 Å². The summed E-state index contributed by atoms with van der Waals surface area (Å²) in [5.41, 5.74) is 5.50. The number of pyridine rings is 1. The second-order valence-corrected chi connectivity index (χ2v) is 25.3. The van der Waals surface area contributed by atoms with Crippen molar-refractivity contribution in [1.29, 1.82) is 0 Å². The quantitative estimate of drug-likeness (QED) is 0.0446. The van der Waals surface area contributed by atoms with E-state index in [4.69, 9.17) is 11.6 Å². The van der Waals surface area contributed by atoms with E-state index in [9.17, 15) is 32.6 Å². The van der Waals surface area contributed by atoms with Crippen molar-refractivity contribution in [3.05, 3.63) is 117 Å². The Labute approximate surface area is 395 Å². The van der Waals surface area contributed by atoms with Gasteiger partial charge in [0.05, 0.1) is 21.4 Å². The largest absolute Gasteiger partial charge is 0.380 e. The van der Waals surface area contributed by atoms with E-state index in [-0.39, 0.29) is 23.2 Å². The molecule has 1 atom stereocenters. The van der Waals surface area contributed by atoms with Crippen LogP contribution >= 0.6 is 30.9 Å². The van der Waals surface area contributed by atoms with E-state index in [1.165, 1.54) is 40.6 Å². The minimum Gasteiger partial charge on any atom is -0.380 e. The van der Waals surface area contributed by atoms with Crippen molar-refractivity contribution >= 4 is 80.5 Å². The SMILES string of the molecule is CC1(C)CCC(CN2CCN(c3ccc(C(=O)NS(=O)(=O)c4ccc(NCC(CF)N5CC[P](C)(O)CC5)c([N+](=O)[O-])c4)c(Sc4cnc5[nH]ccc5c4)c3)CC2)=C(c2ccc(Cl)cc2)C1. The van der Waals surface area contributed by atoms with Gasteiger partial charge in [-0.2, -0.15) is 0 Å². The number of piperazine rings is 1. The summed E-state index contributed by atoms with van der Waals surface area (Å²) >= 11 is 7.54. The smallest absolute Gasteiger partial charge is 0.293 e. The zero-order valence-corrected chi connectivity index (χ0v) is 40.6. The van der Waals surface area contributed by atoms with Crippen LogP contribution in [0.15, 0.2) is 105 Å². The molecule has 0 saturated carbocycles. The van der Waals surface area contributed by atoms with Gasteiger partial charge in [-0.1, -0.05) is 54.9 Å². The van der Waals surface area contributed by atoms with Crippen molar-refractivity contribution in [2.24, 2.45) is 5.41 Å². The van der Waals surface area contributed by atoms with Crippen LogP contribution in [0.4, 0.5) is 21.5 Å². The van der Waals surface area contributed by atoms with Crippen molar-refractivity contribution in [1.82, 2.24) is 24.5 Å². The summed E-state index contributed by atoms with van der Waals surface area (Å²) in [7, 11) is -6.61. The highest BCUT2D eigenvalue weighted by atomic mass is 35.5. The lowest BCUT2D eigenvalue weighted by Gasteiger charge is -2.40. The summed E-state index contributed by atoms with van der Waals surface area (Å²) in [6.45, 7) is 10.9. The molecule has 4 heterocycles. The number of alkyl halides is 1. The van der Waals surface area contributed by atoms with Gasteiger partial charge in [-0.3, -0.25) is 24.7 Å². The number of nitrogens with zero attached hydrogens (tertiary/aromatic N) is 5. The first-order valence-electron chi connectivity index (χ1n) is 22.1. The van der Waals surface area contributed by atoms with Gasteiger partial charge in [-0.25, -0.2) is 22.5 Å². The number of hydrogen-bond donors (Lipinski definition) is 4. The van der Waals surface area contributed by atoms with E-state index in [0.717, 1.165) is 79.0 Å². The number of nitro groups is 1. The van der Waals surface area contributed by atoms with Crippen molar-refractivity contribution in [3.63, 3.8) is 0 Å². The van der Waals surface area contributed by atoms with Gasteiger partial charge in [0.1, 0.15) is 18.0 Å². The Bertz CT molecular complexity index is 2740. The molecule has 1 unspecified atom stereocenters. The fourth-order valence-corrected chi connectivity index (χ4v) is 12.7. The van der Waals surface area contributed by atoms with Crippen molar-refractivity contribution in [2.45, 2.75) is 53.8 Å². The standard InChI is InChI=1S/C47H56ClFN8O6PS2/c1-47(2)14-12-34(41(27-47)32-4-6-35(48)7-5-32)31-54-16-18-55(19-17-54)36-8-10-40(44(25-36)65-38-24-33-13-15-50-45(33)52-30-38)46(58)53-66(62,63)39-9-11-42(43(26-39)57(59)60)51-29-37(28-49)56-20-22-64(3,61)23-21-56/h4-11,13,15,24-26,30,37,51,61H,12,14,16-23,27-29,31H2,1-3H3,(H,50,52)(H,53,58). The molecule has 8 rings (SSSR count). The van der Waals surface area contributed by atoms with Gasteiger partial charge in [0.15, 0.2) is 0 Å². The molecule has 0 spiro atoms. The Morgan fingerprint density at radius 1 is 1.05 bits per heavy atom. The minimum atomic E-state index is -4.61. The maximum absolute atomic E-state index is 14.2. The number of sulfonamides is 1. The van der Waals surface area contributed by atoms with Crippen LogP contribution in [0, 0.1) is 15.5 Å². The van der Waals surface area contributed by atoms with Gasteiger partial charge in [-0.15, -0.1) is 0 Å². The molecule has 0 bridgehead atoms. The number of amides is 1. The average Bonchev–Trinajstić information content (AvgIpc) is 3.76. The van der Waals surface area contributed by atoms with Crippen LogP contribution in [0.1, 0.15) is 49.0 Å². The number of rotatable bonds is 15. The van der Waals surface area contributed by atoms with Gasteiger partial charge in [0, 0.05) is 96.7 Å². The highest BCUT2D eigenvalue weighted by molar-refractivity contribution is 7.99. The number of nitrogens with one attached hydrogen (secondary N) is 3. The van der Waals surface area contributed by atoms with Crippen LogP contribution in [0.25, 0.3) is 16.6 Å². The summed E-state index contributed by atoms with van der Waals surface area (Å²) in [6.07, 6.45) is 7.83. The number of halogens is 2. The van der Waals surface area contributed by atoms with Crippen LogP contribution in [0.2, 0.25) is 5.02 Å². The lowest BCUT2D eigenvalue weighted by atomic mass is 9.72. The first-order chi connectivity index (χ1) is 31.5. The Hall–Kier alpha value is -4.61. The molecule has 1 amide bonds. The third-order valence-corrected chi connectivity index (χ3v) is 17.9. The summed E-state index contributed by atoms with van der Waals surface area (Å²) in [5.74, 6) is -0.899. The topological polar surface area (TPSA) is 177 Å². The lowest BCUT2D eigenvalue weighted by molar-refractivity contribution is -0.384. The van der Waals surface area contributed by atoms with Crippen molar-refractivity contribution in [3.8, 4) is 0 Å². The molecule has 2 fully saturated rings. The van der Waals surface area contributed by atoms with Crippen LogP contribution in [-0.2, 0) is 10.0 Å². The number of H-pyrrole nitrogens is 1. The zero-order valence-electron chi connectivity index (χ0n) is 37.3. The number of benzene rings is 3. The first-order valence-corrected chi connectivity index (χ1v) is 27.4. The van der Waals surface area contributed by atoms with E-state index in [0.29, 0.717) is 36.0 Å². The number of fused-ring (bicyclic) bond motifs is 1. The van der Waals surface area contributed by atoms with Crippen LogP contribution in [0.3, 0.4) is 0 Å². The van der Waals surface area contributed by atoms with E-state index in [1.54, 1.807) is 18.5 Å². The van der Waals surface area contributed by atoms with Crippen LogP contribution in [-0.4, -0.2) is 128 Å². The predicted octanol–water partition coefficient (Wildman–Crippen LogP) is 8.80.